The summed E-state index contributed by atoms with van der Waals surface area (Å²) in [6.07, 6.45) is 5.07. The fraction of sp³-hybridized carbons (Fsp3) is 0.261. The van der Waals surface area contributed by atoms with E-state index in [9.17, 15) is 17.6 Å². The summed E-state index contributed by atoms with van der Waals surface area (Å²) in [5.41, 5.74) is 1.27. The van der Waals surface area contributed by atoms with Gasteiger partial charge in [-0.2, -0.15) is 9.40 Å². The summed E-state index contributed by atoms with van der Waals surface area (Å²) < 4.78 is 49.4. The number of benzene rings is 1. The van der Waals surface area contributed by atoms with Crippen molar-refractivity contribution in [2.24, 2.45) is 0 Å². The summed E-state index contributed by atoms with van der Waals surface area (Å²) >= 11 is 0. The largest absolute Gasteiger partial charge is 0.360 e. The van der Waals surface area contributed by atoms with Crippen molar-refractivity contribution in [1.82, 2.24) is 28.7 Å². The van der Waals surface area contributed by atoms with Crippen LogP contribution < -0.4 is 0 Å². The van der Waals surface area contributed by atoms with Gasteiger partial charge in [-0.1, -0.05) is 5.16 Å². The van der Waals surface area contributed by atoms with Gasteiger partial charge in [0.2, 0.25) is 10.0 Å². The Morgan fingerprint density at radius 2 is 1.69 bits per heavy atom. The summed E-state index contributed by atoms with van der Waals surface area (Å²) in [7, 11) is -3.78. The van der Waals surface area contributed by atoms with Crippen LogP contribution in [0.25, 0.3) is 11.5 Å². The van der Waals surface area contributed by atoms with Gasteiger partial charge in [0.05, 0.1) is 11.9 Å². The molecule has 4 aromatic rings. The third kappa shape index (κ3) is 4.04. The van der Waals surface area contributed by atoms with E-state index in [2.05, 4.69) is 10.3 Å². The van der Waals surface area contributed by atoms with Crippen molar-refractivity contribution in [3.05, 3.63) is 77.8 Å². The summed E-state index contributed by atoms with van der Waals surface area (Å²) in [6, 6.07) is 9.49. The highest BCUT2D eigenvalue weighted by Gasteiger charge is 2.35. The molecule has 0 saturated carbocycles. The lowest BCUT2D eigenvalue weighted by molar-refractivity contribution is 0.0697. The van der Waals surface area contributed by atoms with Crippen LogP contribution in [0.4, 0.5) is 4.39 Å². The normalized spacial score (nSPS) is 15.0. The lowest BCUT2D eigenvalue weighted by atomic mass is 10.2. The average Bonchev–Trinajstić information content (AvgIpc) is 3.59. The molecule has 4 heterocycles. The highest BCUT2D eigenvalue weighted by Crippen LogP contribution is 2.26. The van der Waals surface area contributed by atoms with Crippen LogP contribution in [0.2, 0.25) is 0 Å². The maximum absolute atomic E-state index is 13.5. The minimum Gasteiger partial charge on any atom is -0.360 e. The van der Waals surface area contributed by atoms with Crippen molar-refractivity contribution >= 4 is 15.9 Å². The SMILES string of the molecule is Cc1noc(C)c1S(=O)(=O)N1CCN(C(=O)c2cnn(-c3ccc(F)cc3)c2-n2cccc2)CC1. The number of amides is 1. The second kappa shape index (κ2) is 8.78. The number of rotatable bonds is 5. The number of hydrogen-bond donors (Lipinski definition) is 0. The van der Waals surface area contributed by atoms with Gasteiger partial charge in [0, 0.05) is 38.6 Å². The van der Waals surface area contributed by atoms with E-state index in [4.69, 9.17) is 4.52 Å². The van der Waals surface area contributed by atoms with Gasteiger partial charge < -0.3 is 14.0 Å². The van der Waals surface area contributed by atoms with E-state index >= 15 is 0 Å². The van der Waals surface area contributed by atoms with Crippen LogP contribution in [0, 0.1) is 19.7 Å². The molecule has 1 amide bonds. The van der Waals surface area contributed by atoms with Crippen molar-refractivity contribution in [3.63, 3.8) is 0 Å². The first-order valence-corrected chi connectivity index (χ1v) is 12.4. The number of hydrogen-bond acceptors (Lipinski definition) is 6. The van der Waals surface area contributed by atoms with Gasteiger partial charge in [-0.3, -0.25) is 4.79 Å². The second-order valence-corrected chi connectivity index (χ2v) is 10.1. The molecule has 1 fully saturated rings. The smallest absolute Gasteiger partial charge is 0.259 e. The number of nitrogens with zero attached hydrogens (tertiary/aromatic N) is 6. The summed E-state index contributed by atoms with van der Waals surface area (Å²) in [5.74, 6) is 0.114. The molecule has 0 N–H and O–H groups in total. The van der Waals surface area contributed by atoms with Crippen molar-refractivity contribution in [1.29, 1.82) is 0 Å². The first kappa shape index (κ1) is 23.0. The van der Waals surface area contributed by atoms with Crippen LogP contribution >= 0.6 is 0 Å². The van der Waals surface area contributed by atoms with Crippen LogP contribution in [0.3, 0.4) is 0 Å². The van der Waals surface area contributed by atoms with Gasteiger partial charge in [0.15, 0.2) is 11.6 Å². The molecule has 0 bridgehead atoms. The number of carbonyl (C=O) groups excluding carboxylic acids is 1. The van der Waals surface area contributed by atoms with E-state index < -0.39 is 10.0 Å². The zero-order valence-corrected chi connectivity index (χ0v) is 19.9. The van der Waals surface area contributed by atoms with Gasteiger partial charge in [-0.15, -0.1) is 0 Å². The Morgan fingerprint density at radius 3 is 2.29 bits per heavy atom. The Balaban J connectivity index is 1.41. The Hall–Kier alpha value is -3.77. The molecule has 182 valence electrons. The van der Waals surface area contributed by atoms with Crippen LogP contribution in [0.1, 0.15) is 21.8 Å². The maximum atomic E-state index is 13.5. The van der Waals surface area contributed by atoms with Crippen molar-refractivity contribution < 1.29 is 22.1 Å². The summed E-state index contributed by atoms with van der Waals surface area (Å²) in [6.45, 7) is 3.87. The fourth-order valence-corrected chi connectivity index (χ4v) is 5.98. The molecule has 10 nitrogen and oxygen atoms in total. The van der Waals surface area contributed by atoms with Crippen molar-refractivity contribution in [2.75, 3.05) is 26.2 Å². The molecule has 35 heavy (non-hydrogen) atoms. The van der Waals surface area contributed by atoms with Crippen molar-refractivity contribution in [2.45, 2.75) is 18.7 Å². The molecular formula is C23H23FN6O4S. The van der Waals surface area contributed by atoms with E-state index in [1.807, 2.05) is 12.1 Å². The molecule has 0 aliphatic carbocycles. The molecule has 5 rings (SSSR count). The predicted molar refractivity (Wildman–Crippen MR) is 123 cm³/mol. The molecule has 1 aliphatic rings. The van der Waals surface area contributed by atoms with E-state index in [1.54, 1.807) is 52.5 Å². The highest BCUT2D eigenvalue weighted by atomic mass is 32.2. The first-order valence-electron chi connectivity index (χ1n) is 11.0. The average molecular weight is 499 g/mol. The number of aromatic nitrogens is 4. The highest BCUT2D eigenvalue weighted by molar-refractivity contribution is 7.89. The number of halogens is 1. The van der Waals surface area contributed by atoms with Crippen LogP contribution in [0.5, 0.6) is 0 Å². The Morgan fingerprint density at radius 1 is 1.03 bits per heavy atom. The zero-order chi connectivity index (χ0) is 24.7. The van der Waals surface area contributed by atoms with E-state index in [-0.39, 0.29) is 48.6 Å². The summed E-state index contributed by atoms with van der Waals surface area (Å²) in [5, 5.41) is 8.15. The number of piperazine rings is 1. The Labute approximate surface area is 201 Å². The zero-order valence-electron chi connectivity index (χ0n) is 19.1. The summed E-state index contributed by atoms with van der Waals surface area (Å²) in [4.78, 5) is 15.2. The first-order chi connectivity index (χ1) is 16.8. The lowest BCUT2D eigenvalue weighted by Gasteiger charge is -2.33. The van der Waals surface area contributed by atoms with Gasteiger partial charge in [-0.25, -0.2) is 17.5 Å². The molecule has 3 aromatic heterocycles. The molecule has 0 unspecified atom stereocenters. The van der Waals surface area contributed by atoms with E-state index in [0.29, 0.717) is 22.8 Å². The van der Waals surface area contributed by atoms with Crippen molar-refractivity contribution in [3.8, 4) is 11.5 Å². The number of aryl methyl sites for hydroxylation is 2. The molecular weight excluding hydrogens is 475 g/mol. The van der Waals surface area contributed by atoms with Gasteiger partial charge in [0.25, 0.3) is 5.91 Å². The van der Waals surface area contributed by atoms with E-state index in [1.165, 1.54) is 22.6 Å². The standard InChI is InChI=1S/C23H23FN6O4S/c1-16-21(17(2)34-26-16)35(32,33)29-13-11-28(12-14-29)23(31)20-15-25-30(19-7-5-18(24)6-8-19)22(20)27-9-3-4-10-27/h3-10,15H,11-14H2,1-2H3. The topological polar surface area (TPSA) is 106 Å². The maximum Gasteiger partial charge on any atom is 0.259 e. The molecule has 1 aromatic carbocycles. The third-order valence-electron chi connectivity index (χ3n) is 5.99. The molecule has 1 aliphatic heterocycles. The fourth-order valence-electron chi connectivity index (χ4n) is 4.26. The Kier molecular flexibility index (Phi) is 5.77. The molecule has 1 saturated heterocycles. The van der Waals surface area contributed by atoms with Gasteiger partial charge in [-0.05, 0) is 50.2 Å². The van der Waals surface area contributed by atoms with Gasteiger partial charge in [0.1, 0.15) is 22.0 Å². The predicted octanol–water partition coefficient (Wildman–Crippen LogP) is 2.55. The minimum atomic E-state index is -3.78. The number of sulfonamides is 1. The molecule has 0 spiro atoms. The van der Waals surface area contributed by atoms with E-state index in [0.717, 1.165) is 0 Å². The third-order valence-corrected chi connectivity index (χ3v) is 8.13. The Bertz CT molecular complexity index is 1450. The van der Waals surface area contributed by atoms with Gasteiger partial charge >= 0.3 is 0 Å². The minimum absolute atomic E-state index is 0.0766. The van der Waals surface area contributed by atoms with Crippen LogP contribution in [-0.2, 0) is 10.0 Å². The second-order valence-electron chi connectivity index (χ2n) is 8.21. The van der Waals surface area contributed by atoms with Crippen LogP contribution in [0.15, 0.2) is 64.4 Å². The molecule has 0 atom stereocenters. The number of carbonyl (C=O) groups is 1. The van der Waals surface area contributed by atoms with Crippen LogP contribution in [-0.4, -0.2) is 69.2 Å². The lowest BCUT2D eigenvalue weighted by Crippen LogP contribution is -2.50. The molecule has 12 heteroatoms. The monoisotopic (exact) mass is 498 g/mol. The quantitative estimate of drug-likeness (QED) is 0.419. The molecule has 0 radical (unpaired) electrons.